The molecular weight excluding hydrogens is 174 g/mol. The van der Waals surface area contributed by atoms with Crippen LogP contribution in [0.3, 0.4) is 0 Å². The molecule has 1 spiro atoms. The summed E-state index contributed by atoms with van der Waals surface area (Å²) in [5.74, 6) is 0. The number of ether oxygens (including phenoxy) is 1. The summed E-state index contributed by atoms with van der Waals surface area (Å²) in [6, 6.07) is 0.866. The molecule has 3 fully saturated rings. The van der Waals surface area contributed by atoms with E-state index in [0.717, 1.165) is 11.5 Å². The van der Waals surface area contributed by atoms with Crippen molar-refractivity contribution in [3.8, 4) is 0 Å². The van der Waals surface area contributed by atoms with E-state index in [1.165, 1.54) is 38.8 Å². The van der Waals surface area contributed by atoms with Gasteiger partial charge in [0, 0.05) is 19.1 Å². The SMILES string of the molecule is CC(C)OC1CC(N2CC3(CC3)C2)C1. The molecule has 80 valence electrons. The Morgan fingerprint density at radius 1 is 1.21 bits per heavy atom. The van der Waals surface area contributed by atoms with Gasteiger partial charge < -0.3 is 4.74 Å². The van der Waals surface area contributed by atoms with Gasteiger partial charge in [0.2, 0.25) is 0 Å². The maximum atomic E-state index is 5.78. The van der Waals surface area contributed by atoms with E-state index in [2.05, 4.69) is 18.7 Å². The zero-order valence-electron chi connectivity index (χ0n) is 9.33. The highest BCUT2D eigenvalue weighted by molar-refractivity contribution is 5.08. The van der Waals surface area contributed by atoms with Crippen LogP contribution >= 0.6 is 0 Å². The molecule has 0 aromatic carbocycles. The van der Waals surface area contributed by atoms with E-state index in [4.69, 9.17) is 4.74 Å². The van der Waals surface area contributed by atoms with Crippen LogP contribution in [0.1, 0.15) is 39.5 Å². The van der Waals surface area contributed by atoms with Crippen LogP contribution in [0.5, 0.6) is 0 Å². The predicted molar refractivity (Wildman–Crippen MR) is 56.3 cm³/mol. The van der Waals surface area contributed by atoms with Crippen molar-refractivity contribution in [2.45, 2.75) is 57.8 Å². The maximum absolute atomic E-state index is 5.78. The molecule has 0 atom stereocenters. The van der Waals surface area contributed by atoms with Gasteiger partial charge in [0.1, 0.15) is 0 Å². The largest absolute Gasteiger partial charge is 0.375 e. The number of nitrogens with zero attached hydrogens (tertiary/aromatic N) is 1. The minimum Gasteiger partial charge on any atom is -0.375 e. The number of likely N-dealkylation sites (tertiary alicyclic amines) is 1. The molecular formula is C12H21NO. The van der Waals surface area contributed by atoms with Crippen molar-refractivity contribution in [3.63, 3.8) is 0 Å². The Morgan fingerprint density at radius 3 is 2.36 bits per heavy atom. The van der Waals surface area contributed by atoms with Gasteiger partial charge >= 0.3 is 0 Å². The van der Waals surface area contributed by atoms with Gasteiger partial charge in [-0.3, -0.25) is 4.90 Å². The number of hydrogen-bond acceptors (Lipinski definition) is 2. The zero-order chi connectivity index (χ0) is 9.76. The Bertz CT molecular complexity index is 220. The molecule has 3 rings (SSSR count). The Hall–Kier alpha value is -0.0800. The fraction of sp³-hybridized carbons (Fsp3) is 1.00. The molecule has 0 aromatic heterocycles. The van der Waals surface area contributed by atoms with Crippen LogP contribution in [0.25, 0.3) is 0 Å². The molecule has 3 aliphatic rings. The minimum absolute atomic E-state index is 0.409. The second-order valence-corrected chi connectivity index (χ2v) is 5.84. The van der Waals surface area contributed by atoms with Gasteiger partial charge in [-0.1, -0.05) is 0 Å². The minimum atomic E-state index is 0.409. The molecule has 1 saturated heterocycles. The predicted octanol–water partition coefficient (Wildman–Crippen LogP) is 2.04. The Kier molecular flexibility index (Phi) is 1.94. The van der Waals surface area contributed by atoms with Crippen molar-refractivity contribution >= 4 is 0 Å². The molecule has 0 amide bonds. The smallest absolute Gasteiger partial charge is 0.0608 e. The van der Waals surface area contributed by atoms with Gasteiger partial charge in [0.25, 0.3) is 0 Å². The van der Waals surface area contributed by atoms with E-state index < -0.39 is 0 Å². The average Bonchev–Trinajstić information content (AvgIpc) is 2.71. The third-order valence-corrected chi connectivity index (χ3v) is 4.09. The van der Waals surface area contributed by atoms with Gasteiger partial charge in [-0.15, -0.1) is 0 Å². The first kappa shape index (κ1) is 9.17. The lowest BCUT2D eigenvalue weighted by Gasteiger charge is -2.51. The van der Waals surface area contributed by atoms with Gasteiger partial charge in [0.05, 0.1) is 12.2 Å². The second kappa shape index (κ2) is 2.96. The van der Waals surface area contributed by atoms with Gasteiger partial charge in [-0.2, -0.15) is 0 Å². The first-order valence-corrected chi connectivity index (χ1v) is 6.06. The molecule has 0 radical (unpaired) electrons. The summed E-state index contributed by atoms with van der Waals surface area (Å²) < 4.78 is 5.78. The summed E-state index contributed by atoms with van der Waals surface area (Å²) >= 11 is 0. The van der Waals surface area contributed by atoms with Gasteiger partial charge in [-0.05, 0) is 44.9 Å². The lowest BCUT2D eigenvalue weighted by Crippen LogP contribution is -2.59. The van der Waals surface area contributed by atoms with Crippen LogP contribution in [-0.4, -0.2) is 36.2 Å². The van der Waals surface area contributed by atoms with Crippen molar-refractivity contribution in [1.29, 1.82) is 0 Å². The fourth-order valence-electron chi connectivity index (χ4n) is 2.90. The first-order chi connectivity index (χ1) is 6.67. The monoisotopic (exact) mass is 195 g/mol. The van der Waals surface area contributed by atoms with Gasteiger partial charge in [-0.25, -0.2) is 0 Å². The molecule has 0 N–H and O–H groups in total. The zero-order valence-corrected chi connectivity index (χ0v) is 9.33. The summed E-state index contributed by atoms with van der Waals surface area (Å²) in [5.41, 5.74) is 0.823. The van der Waals surface area contributed by atoms with Crippen molar-refractivity contribution in [2.75, 3.05) is 13.1 Å². The molecule has 2 heteroatoms. The van der Waals surface area contributed by atoms with Crippen LogP contribution in [0, 0.1) is 5.41 Å². The Balaban J connectivity index is 1.38. The van der Waals surface area contributed by atoms with Crippen molar-refractivity contribution in [1.82, 2.24) is 4.90 Å². The normalized spacial score (nSPS) is 39.6. The van der Waals surface area contributed by atoms with E-state index in [-0.39, 0.29) is 0 Å². The second-order valence-electron chi connectivity index (χ2n) is 5.84. The molecule has 2 nitrogen and oxygen atoms in total. The summed E-state index contributed by atoms with van der Waals surface area (Å²) in [6.45, 7) is 7.06. The highest BCUT2D eigenvalue weighted by Gasteiger charge is 2.55. The molecule has 2 saturated carbocycles. The standard InChI is InChI=1S/C12H21NO/c1-9(2)14-11-5-10(6-11)13-7-12(8-13)3-4-12/h9-11H,3-8H2,1-2H3. The molecule has 0 bridgehead atoms. The van der Waals surface area contributed by atoms with E-state index in [0.29, 0.717) is 12.2 Å². The molecule has 0 unspecified atom stereocenters. The summed E-state index contributed by atoms with van der Waals surface area (Å²) in [5, 5.41) is 0. The topological polar surface area (TPSA) is 12.5 Å². The number of rotatable bonds is 3. The van der Waals surface area contributed by atoms with E-state index in [1.807, 2.05) is 0 Å². The molecule has 2 aliphatic carbocycles. The van der Waals surface area contributed by atoms with Crippen LogP contribution in [-0.2, 0) is 4.74 Å². The van der Waals surface area contributed by atoms with Gasteiger partial charge in [0.15, 0.2) is 0 Å². The van der Waals surface area contributed by atoms with Crippen molar-refractivity contribution in [3.05, 3.63) is 0 Å². The third-order valence-electron chi connectivity index (χ3n) is 4.09. The van der Waals surface area contributed by atoms with E-state index in [1.54, 1.807) is 0 Å². The Labute approximate surface area is 86.6 Å². The van der Waals surface area contributed by atoms with Crippen LogP contribution in [0.15, 0.2) is 0 Å². The average molecular weight is 195 g/mol. The molecule has 0 aromatic rings. The Morgan fingerprint density at radius 2 is 1.86 bits per heavy atom. The fourth-order valence-corrected chi connectivity index (χ4v) is 2.90. The quantitative estimate of drug-likeness (QED) is 0.683. The third kappa shape index (κ3) is 1.49. The lowest BCUT2D eigenvalue weighted by molar-refractivity contribution is -0.103. The van der Waals surface area contributed by atoms with Crippen LogP contribution in [0.4, 0.5) is 0 Å². The summed E-state index contributed by atoms with van der Waals surface area (Å²) in [4.78, 5) is 2.67. The molecule has 1 heterocycles. The van der Waals surface area contributed by atoms with E-state index >= 15 is 0 Å². The van der Waals surface area contributed by atoms with Crippen LogP contribution < -0.4 is 0 Å². The van der Waals surface area contributed by atoms with Crippen LogP contribution in [0.2, 0.25) is 0 Å². The summed E-state index contributed by atoms with van der Waals surface area (Å²) in [7, 11) is 0. The number of hydrogen-bond donors (Lipinski definition) is 0. The highest BCUT2D eigenvalue weighted by Crippen LogP contribution is 2.54. The van der Waals surface area contributed by atoms with Crippen molar-refractivity contribution in [2.24, 2.45) is 5.41 Å². The lowest BCUT2D eigenvalue weighted by atomic mass is 9.82. The van der Waals surface area contributed by atoms with E-state index in [9.17, 15) is 0 Å². The molecule has 14 heavy (non-hydrogen) atoms. The maximum Gasteiger partial charge on any atom is 0.0608 e. The van der Waals surface area contributed by atoms with Crippen molar-refractivity contribution < 1.29 is 4.74 Å². The summed E-state index contributed by atoms with van der Waals surface area (Å²) in [6.07, 6.45) is 6.55. The first-order valence-electron chi connectivity index (χ1n) is 6.06. The highest BCUT2D eigenvalue weighted by atomic mass is 16.5. The molecule has 1 aliphatic heterocycles.